The number of nitrogens with zero attached hydrogens (tertiary/aromatic N) is 5. The quantitative estimate of drug-likeness (QED) is 0.834. The average Bonchev–Trinajstić information content (AvgIpc) is 2.95. The summed E-state index contributed by atoms with van der Waals surface area (Å²) in [7, 11) is 5.56. The molecule has 1 fully saturated rings. The number of carbonyl (C=O) groups is 1. The smallest absolute Gasteiger partial charge is 0.255 e. The van der Waals surface area contributed by atoms with Gasteiger partial charge in [0, 0.05) is 39.1 Å². The standard InChI is InChI=1S/C17H24N6O2/c1-10-14(8-18-17(20-10)22(2)3)16(25)21-15(11-5-13(24)6-11)12-7-19-23(4)9-12/h7-9,11,13,15,24H,5-6H2,1-4H3,(H,21,25). The van der Waals surface area contributed by atoms with Crippen LogP contribution in [-0.2, 0) is 7.05 Å². The normalized spacial score (nSPS) is 20.7. The first-order valence-corrected chi connectivity index (χ1v) is 8.33. The lowest BCUT2D eigenvalue weighted by molar-refractivity contribution is 0.0235. The Morgan fingerprint density at radius 3 is 2.64 bits per heavy atom. The van der Waals surface area contributed by atoms with E-state index in [0.29, 0.717) is 30.0 Å². The van der Waals surface area contributed by atoms with Crippen LogP contribution in [0.15, 0.2) is 18.6 Å². The van der Waals surface area contributed by atoms with Crippen molar-refractivity contribution in [1.29, 1.82) is 0 Å². The summed E-state index contributed by atoms with van der Waals surface area (Å²) in [4.78, 5) is 23.2. The summed E-state index contributed by atoms with van der Waals surface area (Å²) in [5, 5.41) is 16.9. The molecule has 2 heterocycles. The van der Waals surface area contributed by atoms with Crippen LogP contribution in [0, 0.1) is 12.8 Å². The van der Waals surface area contributed by atoms with E-state index < -0.39 is 0 Å². The molecule has 1 saturated carbocycles. The molecule has 1 atom stereocenters. The molecule has 2 N–H and O–H groups in total. The first-order valence-electron chi connectivity index (χ1n) is 8.33. The Bertz CT molecular complexity index is 766. The second kappa shape index (κ2) is 6.79. The molecular weight excluding hydrogens is 320 g/mol. The lowest BCUT2D eigenvalue weighted by atomic mass is 9.75. The zero-order chi connectivity index (χ0) is 18.1. The summed E-state index contributed by atoms with van der Waals surface area (Å²) in [5.41, 5.74) is 2.03. The number of aliphatic hydroxyl groups is 1. The molecule has 2 aromatic rings. The molecule has 0 bridgehead atoms. The highest BCUT2D eigenvalue weighted by Crippen LogP contribution is 2.38. The van der Waals surface area contributed by atoms with Crippen molar-refractivity contribution in [2.24, 2.45) is 13.0 Å². The van der Waals surface area contributed by atoms with Gasteiger partial charge in [-0.2, -0.15) is 5.10 Å². The van der Waals surface area contributed by atoms with Crippen molar-refractivity contribution in [3.8, 4) is 0 Å². The molecular formula is C17H24N6O2. The third-order valence-electron chi connectivity index (χ3n) is 4.60. The van der Waals surface area contributed by atoms with E-state index in [4.69, 9.17) is 0 Å². The van der Waals surface area contributed by atoms with Gasteiger partial charge in [0.2, 0.25) is 5.95 Å². The molecule has 0 saturated heterocycles. The Hall–Kier alpha value is -2.48. The maximum atomic E-state index is 12.8. The molecule has 1 aliphatic carbocycles. The highest BCUT2D eigenvalue weighted by molar-refractivity contribution is 5.95. The number of anilines is 1. The Morgan fingerprint density at radius 2 is 2.12 bits per heavy atom. The molecule has 8 heteroatoms. The van der Waals surface area contributed by atoms with E-state index in [0.717, 1.165) is 5.56 Å². The van der Waals surface area contributed by atoms with Gasteiger partial charge in [0.05, 0.1) is 29.6 Å². The van der Waals surface area contributed by atoms with Crippen molar-refractivity contribution in [2.45, 2.75) is 31.9 Å². The summed E-state index contributed by atoms with van der Waals surface area (Å²) >= 11 is 0. The molecule has 3 rings (SSSR count). The van der Waals surface area contributed by atoms with Gasteiger partial charge < -0.3 is 15.3 Å². The minimum Gasteiger partial charge on any atom is -0.393 e. The third-order valence-corrected chi connectivity index (χ3v) is 4.60. The number of carbonyl (C=O) groups excluding carboxylic acids is 1. The van der Waals surface area contributed by atoms with Crippen molar-refractivity contribution >= 4 is 11.9 Å². The number of aryl methyl sites for hydroxylation is 2. The van der Waals surface area contributed by atoms with Gasteiger partial charge in [0.25, 0.3) is 5.91 Å². The van der Waals surface area contributed by atoms with Crippen molar-refractivity contribution in [1.82, 2.24) is 25.1 Å². The fourth-order valence-electron chi connectivity index (χ4n) is 3.09. The van der Waals surface area contributed by atoms with E-state index in [-0.39, 0.29) is 24.0 Å². The first-order chi connectivity index (χ1) is 11.8. The van der Waals surface area contributed by atoms with Crippen LogP contribution in [0.2, 0.25) is 0 Å². The van der Waals surface area contributed by atoms with Crippen LogP contribution in [0.4, 0.5) is 5.95 Å². The number of rotatable bonds is 5. The van der Waals surface area contributed by atoms with Crippen LogP contribution in [0.3, 0.4) is 0 Å². The third kappa shape index (κ3) is 3.63. The Kier molecular flexibility index (Phi) is 4.71. The van der Waals surface area contributed by atoms with Crippen LogP contribution in [0.5, 0.6) is 0 Å². The van der Waals surface area contributed by atoms with E-state index in [9.17, 15) is 9.90 Å². The van der Waals surface area contributed by atoms with E-state index in [1.54, 1.807) is 28.9 Å². The molecule has 2 aromatic heterocycles. The molecule has 0 aromatic carbocycles. The molecule has 1 aliphatic rings. The van der Waals surface area contributed by atoms with Crippen molar-refractivity contribution < 1.29 is 9.90 Å². The summed E-state index contributed by atoms with van der Waals surface area (Å²) in [5.74, 6) is 0.559. The lowest BCUT2D eigenvalue weighted by Gasteiger charge is -2.37. The van der Waals surface area contributed by atoms with E-state index >= 15 is 0 Å². The van der Waals surface area contributed by atoms with Crippen molar-refractivity contribution in [2.75, 3.05) is 19.0 Å². The van der Waals surface area contributed by atoms with Gasteiger partial charge in [-0.25, -0.2) is 9.97 Å². The summed E-state index contributed by atoms with van der Waals surface area (Å²) in [6.45, 7) is 1.80. The van der Waals surface area contributed by atoms with Crippen LogP contribution >= 0.6 is 0 Å². The van der Waals surface area contributed by atoms with Gasteiger partial charge in [-0.15, -0.1) is 0 Å². The number of aromatic nitrogens is 4. The van der Waals surface area contributed by atoms with Crippen molar-refractivity contribution in [3.05, 3.63) is 35.4 Å². The van der Waals surface area contributed by atoms with Crippen molar-refractivity contribution in [3.63, 3.8) is 0 Å². The average molecular weight is 344 g/mol. The lowest BCUT2D eigenvalue weighted by Crippen LogP contribution is -2.41. The molecule has 25 heavy (non-hydrogen) atoms. The van der Waals surface area contributed by atoms with E-state index in [1.807, 2.05) is 27.3 Å². The Morgan fingerprint density at radius 1 is 1.40 bits per heavy atom. The van der Waals surface area contributed by atoms with Gasteiger partial charge in [-0.1, -0.05) is 0 Å². The maximum Gasteiger partial charge on any atom is 0.255 e. The highest BCUT2D eigenvalue weighted by Gasteiger charge is 2.36. The predicted molar refractivity (Wildman–Crippen MR) is 93.2 cm³/mol. The molecule has 0 aliphatic heterocycles. The largest absolute Gasteiger partial charge is 0.393 e. The zero-order valence-electron chi connectivity index (χ0n) is 15.0. The summed E-state index contributed by atoms with van der Waals surface area (Å²) in [6, 6.07) is -0.183. The van der Waals surface area contributed by atoms with Crippen LogP contribution in [0.25, 0.3) is 0 Å². The maximum absolute atomic E-state index is 12.8. The minimum atomic E-state index is -0.287. The van der Waals surface area contributed by atoms with Crippen LogP contribution < -0.4 is 10.2 Å². The van der Waals surface area contributed by atoms with Gasteiger partial charge in [-0.3, -0.25) is 9.48 Å². The van der Waals surface area contributed by atoms with E-state index in [1.165, 1.54) is 0 Å². The summed E-state index contributed by atoms with van der Waals surface area (Å²) in [6.07, 6.45) is 6.28. The Labute approximate surface area is 146 Å². The number of aliphatic hydroxyl groups excluding tert-OH is 1. The molecule has 0 radical (unpaired) electrons. The topological polar surface area (TPSA) is 96.2 Å². The van der Waals surface area contributed by atoms with Gasteiger partial charge in [0.15, 0.2) is 0 Å². The molecule has 8 nitrogen and oxygen atoms in total. The second-order valence-electron chi connectivity index (χ2n) is 6.85. The first kappa shape index (κ1) is 17.3. The van der Waals surface area contributed by atoms with Gasteiger partial charge >= 0.3 is 0 Å². The number of hydrogen-bond donors (Lipinski definition) is 2. The monoisotopic (exact) mass is 344 g/mol. The molecule has 0 spiro atoms. The fraction of sp³-hybridized carbons (Fsp3) is 0.529. The zero-order valence-corrected chi connectivity index (χ0v) is 15.0. The minimum absolute atomic E-state index is 0.183. The van der Waals surface area contributed by atoms with E-state index in [2.05, 4.69) is 20.4 Å². The number of hydrogen-bond acceptors (Lipinski definition) is 6. The van der Waals surface area contributed by atoms with Gasteiger partial charge in [-0.05, 0) is 25.7 Å². The molecule has 134 valence electrons. The second-order valence-corrected chi connectivity index (χ2v) is 6.85. The summed E-state index contributed by atoms with van der Waals surface area (Å²) < 4.78 is 1.71. The Balaban J connectivity index is 1.81. The number of amides is 1. The van der Waals surface area contributed by atoms with Crippen LogP contribution in [-0.4, -0.2) is 51.0 Å². The predicted octanol–water partition coefficient (Wildman–Crippen LogP) is 0.827. The SMILES string of the molecule is Cc1nc(N(C)C)ncc1C(=O)NC(c1cnn(C)c1)C1CC(O)C1. The fourth-order valence-corrected chi connectivity index (χ4v) is 3.09. The van der Waals surface area contributed by atoms with Crippen LogP contribution in [0.1, 0.15) is 40.5 Å². The molecule has 1 amide bonds. The highest BCUT2D eigenvalue weighted by atomic mass is 16.3. The number of nitrogens with one attached hydrogen (secondary N) is 1. The molecule has 1 unspecified atom stereocenters. The van der Waals surface area contributed by atoms with Gasteiger partial charge in [0.1, 0.15) is 0 Å².